The summed E-state index contributed by atoms with van der Waals surface area (Å²) < 4.78 is 11.7. The molecule has 0 fully saturated rings. The lowest BCUT2D eigenvalue weighted by Gasteiger charge is -2.40. The van der Waals surface area contributed by atoms with Crippen molar-refractivity contribution in [3.63, 3.8) is 0 Å². The van der Waals surface area contributed by atoms with E-state index in [1.807, 2.05) is 41.5 Å². The van der Waals surface area contributed by atoms with Crippen LogP contribution in [0.15, 0.2) is 0 Å². The van der Waals surface area contributed by atoms with Gasteiger partial charge in [0.2, 0.25) is 0 Å². The van der Waals surface area contributed by atoms with Gasteiger partial charge in [-0.05, 0) is 54.9 Å². The van der Waals surface area contributed by atoms with E-state index in [2.05, 4.69) is 19.2 Å². The summed E-state index contributed by atoms with van der Waals surface area (Å²) in [6, 6.07) is 0. The van der Waals surface area contributed by atoms with Crippen molar-refractivity contribution >= 4 is 0 Å². The van der Waals surface area contributed by atoms with Crippen LogP contribution in [-0.4, -0.2) is 23.7 Å². The van der Waals surface area contributed by atoms with Crippen LogP contribution < -0.4 is 5.32 Å². The zero-order valence-corrected chi connectivity index (χ0v) is 12.2. The van der Waals surface area contributed by atoms with E-state index in [4.69, 9.17) is 9.47 Å². The monoisotopic (exact) mass is 231 g/mol. The fourth-order valence-corrected chi connectivity index (χ4v) is 1.98. The Morgan fingerprint density at radius 1 is 0.938 bits per heavy atom. The molecule has 0 aromatic rings. The van der Waals surface area contributed by atoms with Crippen LogP contribution in [0.1, 0.15) is 61.8 Å². The summed E-state index contributed by atoms with van der Waals surface area (Å²) in [4.78, 5) is 0. The molecule has 3 heteroatoms. The van der Waals surface area contributed by atoms with Crippen LogP contribution in [0.4, 0.5) is 0 Å². The van der Waals surface area contributed by atoms with E-state index in [0.717, 1.165) is 6.42 Å². The molecule has 0 bridgehead atoms. The van der Waals surface area contributed by atoms with Crippen molar-refractivity contribution in [3.05, 3.63) is 0 Å². The average Bonchev–Trinajstić information content (AvgIpc) is 1.98. The minimum absolute atomic E-state index is 0.197. The molecule has 0 radical (unpaired) electrons. The predicted molar refractivity (Wildman–Crippen MR) is 68.4 cm³/mol. The van der Waals surface area contributed by atoms with E-state index in [1.165, 1.54) is 0 Å². The Kier molecular flexibility index (Phi) is 5.94. The van der Waals surface area contributed by atoms with Crippen molar-refractivity contribution < 1.29 is 9.47 Å². The van der Waals surface area contributed by atoms with Gasteiger partial charge in [-0.1, -0.05) is 6.92 Å². The molecule has 16 heavy (non-hydrogen) atoms. The van der Waals surface area contributed by atoms with Crippen molar-refractivity contribution in [3.8, 4) is 0 Å². The first-order valence-corrected chi connectivity index (χ1v) is 6.25. The average molecular weight is 231 g/mol. The standard InChI is InChI=1S/C13H29NO2/c1-9-13(8,16-11(4)5)14-12(6,7)15-10(2)3/h10-11,14H,9H2,1-8H3. The van der Waals surface area contributed by atoms with Crippen molar-refractivity contribution in [1.82, 2.24) is 5.32 Å². The van der Waals surface area contributed by atoms with Crippen LogP contribution in [0.25, 0.3) is 0 Å². The quantitative estimate of drug-likeness (QED) is 0.682. The van der Waals surface area contributed by atoms with Crippen LogP contribution >= 0.6 is 0 Å². The van der Waals surface area contributed by atoms with Gasteiger partial charge < -0.3 is 9.47 Å². The summed E-state index contributed by atoms with van der Waals surface area (Å²) in [6.07, 6.45) is 1.30. The molecule has 0 aromatic carbocycles. The highest BCUT2D eigenvalue weighted by molar-refractivity contribution is 4.79. The molecule has 0 spiro atoms. The molecule has 1 atom stereocenters. The maximum atomic E-state index is 5.91. The van der Waals surface area contributed by atoms with Gasteiger partial charge in [0.25, 0.3) is 0 Å². The van der Waals surface area contributed by atoms with E-state index in [0.29, 0.717) is 0 Å². The highest BCUT2D eigenvalue weighted by atomic mass is 16.6. The molecule has 1 unspecified atom stereocenters. The lowest BCUT2D eigenvalue weighted by atomic mass is 10.1. The third-order valence-electron chi connectivity index (χ3n) is 2.27. The molecule has 0 heterocycles. The van der Waals surface area contributed by atoms with Gasteiger partial charge in [-0.15, -0.1) is 0 Å². The Labute approximate surface area is 101 Å². The Hall–Kier alpha value is -0.120. The normalized spacial score (nSPS) is 16.9. The first-order valence-electron chi connectivity index (χ1n) is 6.25. The molecule has 0 aliphatic carbocycles. The minimum Gasteiger partial charge on any atom is -0.359 e. The van der Waals surface area contributed by atoms with E-state index in [-0.39, 0.29) is 23.7 Å². The lowest BCUT2D eigenvalue weighted by Crippen LogP contribution is -2.57. The van der Waals surface area contributed by atoms with Gasteiger partial charge in [0, 0.05) is 0 Å². The highest BCUT2D eigenvalue weighted by Gasteiger charge is 2.32. The second-order valence-electron chi connectivity index (χ2n) is 5.55. The third-order valence-corrected chi connectivity index (χ3v) is 2.27. The van der Waals surface area contributed by atoms with Crippen molar-refractivity contribution in [2.24, 2.45) is 0 Å². The van der Waals surface area contributed by atoms with Crippen molar-refractivity contribution in [2.75, 3.05) is 0 Å². The molecule has 0 rings (SSSR count). The first-order chi connectivity index (χ1) is 7.10. The fourth-order valence-electron chi connectivity index (χ4n) is 1.98. The fraction of sp³-hybridized carbons (Fsp3) is 1.00. The van der Waals surface area contributed by atoms with Crippen LogP contribution in [0, 0.1) is 0 Å². The van der Waals surface area contributed by atoms with Gasteiger partial charge in [-0.2, -0.15) is 0 Å². The molecular formula is C13H29NO2. The van der Waals surface area contributed by atoms with E-state index in [9.17, 15) is 0 Å². The van der Waals surface area contributed by atoms with Crippen LogP contribution in [0.5, 0.6) is 0 Å². The third kappa shape index (κ3) is 6.46. The van der Waals surface area contributed by atoms with Crippen LogP contribution in [0.3, 0.4) is 0 Å². The number of rotatable bonds is 7. The molecule has 0 saturated carbocycles. The Balaban J connectivity index is 4.50. The molecule has 0 aliphatic heterocycles. The SMILES string of the molecule is CCC(C)(NC(C)(C)OC(C)C)OC(C)C. The lowest BCUT2D eigenvalue weighted by molar-refractivity contribution is -0.167. The highest BCUT2D eigenvalue weighted by Crippen LogP contribution is 2.20. The minimum atomic E-state index is -0.381. The van der Waals surface area contributed by atoms with Gasteiger partial charge in [0.05, 0.1) is 12.2 Å². The van der Waals surface area contributed by atoms with Crippen LogP contribution in [-0.2, 0) is 9.47 Å². The first kappa shape index (κ1) is 15.9. The second kappa shape index (κ2) is 5.99. The Bertz CT molecular complexity index is 202. The van der Waals surface area contributed by atoms with E-state index >= 15 is 0 Å². The van der Waals surface area contributed by atoms with E-state index < -0.39 is 0 Å². The summed E-state index contributed by atoms with van der Waals surface area (Å²) in [6.45, 7) is 16.4. The zero-order chi connectivity index (χ0) is 13.0. The topological polar surface area (TPSA) is 30.5 Å². The number of nitrogens with one attached hydrogen (secondary N) is 1. The van der Waals surface area contributed by atoms with Crippen molar-refractivity contribution in [1.29, 1.82) is 0 Å². The smallest absolute Gasteiger partial charge is 0.118 e. The van der Waals surface area contributed by atoms with Gasteiger partial charge in [-0.25, -0.2) is 0 Å². The summed E-state index contributed by atoms with van der Waals surface area (Å²) in [5.41, 5.74) is -0.722. The number of hydrogen-bond acceptors (Lipinski definition) is 3. The molecule has 98 valence electrons. The van der Waals surface area contributed by atoms with E-state index in [1.54, 1.807) is 0 Å². The summed E-state index contributed by atoms with van der Waals surface area (Å²) >= 11 is 0. The molecule has 1 N–H and O–H groups in total. The summed E-state index contributed by atoms with van der Waals surface area (Å²) in [5, 5.41) is 3.44. The van der Waals surface area contributed by atoms with Gasteiger partial charge in [0.1, 0.15) is 11.4 Å². The number of hydrogen-bond donors (Lipinski definition) is 1. The molecule has 0 amide bonds. The maximum Gasteiger partial charge on any atom is 0.118 e. The van der Waals surface area contributed by atoms with Gasteiger partial charge in [0.15, 0.2) is 0 Å². The van der Waals surface area contributed by atoms with Crippen molar-refractivity contribution in [2.45, 2.75) is 85.5 Å². The van der Waals surface area contributed by atoms with Gasteiger partial charge in [-0.3, -0.25) is 5.32 Å². The molecule has 0 aliphatic rings. The van der Waals surface area contributed by atoms with Gasteiger partial charge >= 0.3 is 0 Å². The molecule has 0 saturated heterocycles. The zero-order valence-electron chi connectivity index (χ0n) is 12.2. The molecule has 0 aromatic heterocycles. The number of ether oxygens (including phenoxy) is 2. The predicted octanol–water partition coefficient (Wildman–Crippen LogP) is 3.29. The molecule has 3 nitrogen and oxygen atoms in total. The Morgan fingerprint density at radius 3 is 1.69 bits per heavy atom. The largest absolute Gasteiger partial charge is 0.359 e. The van der Waals surface area contributed by atoms with Crippen LogP contribution in [0.2, 0.25) is 0 Å². The summed E-state index contributed by atoms with van der Waals surface area (Å²) in [7, 11) is 0. The maximum absolute atomic E-state index is 5.91. The molecular weight excluding hydrogens is 202 g/mol. The second-order valence-corrected chi connectivity index (χ2v) is 5.55. The Morgan fingerprint density at radius 2 is 1.38 bits per heavy atom. The summed E-state index contributed by atoms with van der Waals surface area (Å²) in [5.74, 6) is 0.